The van der Waals surface area contributed by atoms with Crippen LogP contribution in [0.1, 0.15) is 5.56 Å². The van der Waals surface area contributed by atoms with E-state index in [1.165, 1.54) is 19.4 Å². The van der Waals surface area contributed by atoms with E-state index in [9.17, 15) is 9.90 Å². The highest BCUT2D eigenvalue weighted by Crippen LogP contribution is 2.25. The van der Waals surface area contributed by atoms with Crippen molar-refractivity contribution in [3.8, 4) is 23.0 Å². The third-order valence-electron chi connectivity index (χ3n) is 3.04. The van der Waals surface area contributed by atoms with E-state index >= 15 is 0 Å². The number of hydrogen-bond donors (Lipinski definition) is 2. The molecule has 7 nitrogen and oxygen atoms in total. The fraction of sp³-hybridized carbons (Fsp3) is 0.176. The van der Waals surface area contributed by atoms with Gasteiger partial charge in [0.25, 0.3) is 5.91 Å². The lowest BCUT2D eigenvalue weighted by Crippen LogP contribution is -2.24. The van der Waals surface area contributed by atoms with E-state index in [1.54, 1.807) is 43.5 Å². The number of benzene rings is 2. The number of nitrogens with zero attached hydrogens (tertiary/aromatic N) is 1. The van der Waals surface area contributed by atoms with Gasteiger partial charge in [0.1, 0.15) is 11.5 Å². The summed E-state index contributed by atoms with van der Waals surface area (Å²) in [7, 11) is 3.03. The van der Waals surface area contributed by atoms with Crippen molar-refractivity contribution in [1.29, 1.82) is 0 Å². The van der Waals surface area contributed by atoms with Crippen molar-refractivity contribution in [2.24, 2.45) is 5.10 Å². The van der Waals surface area contributed by atoms with Gasteiger partial charge in [-0.25, -0.2) is 5.43 Å². The molecule has 0 spiro atoms. The molecule has 0 aliphatic carbocycles. The van der Waals surface area contributed by atoms with Crippen LogP contribution < -0.4 is 19.6 Å². The molecule has 0 radical (unpaired) electrons. The van der Waals surface area contributed by atoms with Crippen molar-refractivity contribution >= 4 is 12.1 Å². The minimum Gasteiger partial charge on any atom is -0.504 e. The van der Waals surface area contributed by atoms with Crippen molar-refractivity contribution < 1.29 is 24.1 Å². The zero-order valence-electron chi connectivity index (χ0n) is 13.4. The van der Waals surface area contributed by atoms with Crippen molar-refractivity contribution in [3.63, 3.8) is 0 Å². The van der Waals surface area contributed by atoms with Gasteiger partial charge in [0.2, 0.25) is 0 Å². The van der Waals surface area contributed by atoms with E-state index in [-0.39, 0.29) is 12.4 Å². The molecule has 2 N–H and O–H groups in total. The Morgan fingerprint density at radius 2 is 1.83 bits per heavy atom. The van der Waals surface area contributed by atoms with Gasteiger partial charge in [0.05, 0.1) is 20.4 Å². The first-order valence-corrected chi connectivity index (χ1v) is 7.08. The molecule has 2 aromatic carbocycles. The molecule has 0 aliphatic heterocycles. The average molecular weight is 330 g/mol. The van der Waals surface area contributed by atoms with Crippen molar-refractivity contribution in [2.45, 2.75) is 0 Å². The second-order valence-electron chi connectivity index (χ2n) is 4.69. The van der Waals surface area contributed by atoms with Crippen LogP contribution in [0.5, 0.6) is 23.0 Å². The van der Waals surface area contributed by atoms with Crippen LogP contribution in [0.2, 0.25) is 0 Å². The van der Waals surface area contributed by atoms with Crippen molar-refractivity contribution in [3.05, 3.63) is 48.0 Å². The second kappa shape index (κ2) is 8.42. The molecule has 2 aromatic rings. The topological polar surface area (TPSA) is 89.4 Å². The lowest BCUT2D eigenvalue weighted by molar-refractivity contribution is -0.123. The second-order valence-corrected chi connectivity index (χ2v) is 4.69. The molecular formula is C17H18N2O5. The number of aromatic hydroxyl groups is 1. The van der Waals surface area contributed by atoms with Crippen LogP contribution in [-0.4, -0.2) is 38.1 Å². The molecule has 0 saturated carbocycles. The van der Waals surface area contributed by atoms with Gasteiger partial charge in [-0.1, -0.05) is 0 Å². The van der Waals surface area contributed by atoms with Crippen LogP contribution in [0.3, 0.4) is 0 Å². The minimum absolute atomic E-state index is 0.0339. The molecule has 0 atom stereocenters. The van der Waals surface area contributed by atoms with Gasteiger partial charge in [0, 0.05) is 0 Å². The molecule has 0 bridgehead atoms. The van der Waals surface area contributed by atoms with Gasteiger partial charge in [-0.05, 0) is 48.0 Å². The molecule has 7 heteroatoms. The highest BCUT2D eigenvalue weighted by molar-refractivity contribution is 5.83. The summed E-state index contributed by atoms with van der Waals surface area (Å²) in [5, 5.41) is 13.3. The number of hydrogen-bond acceptors (Lipinski definition) is 6. The highest BCUT2D eigenvalue weighted by Gasteiger charge is 2.03. The normalized spacial score (nSPS) is 10.4. The molecule has 0 saturated heterocycles. The quantitative estimate of drug-likeness (QED) is 0.598. The highest BCUT2D eigenvalue weighted by atomic mass is 16.5. The predicted molar refractivity (Wildman–Crippen MR) is 88.9 cm³/mol. The number of carbonyl (C=O) groups excluding carboxylic acids is 1. The largest absolute Gasteiger partial charge is 0.504 e. The first kappa shape index (κ1) is 17.1. The van der Waals surface area contributed by atoms with E-state index in [2.05, 4.69) is 10.5 Å². The Labute approximate surface area is 139 Å². The average Bonchev–Trinajstić information content (AvgIpc) is 2.61. The van der Waals surface area contributed by atoms with Gasteiger partial charge < -0.3 is 19.3 Å². The number of phenolic OH excluding ortho intramolecular Hbond substituents is 1. The van der Waals surface area contributed by atoms with Crippen LogP contribution >= 0.6 is 0 Å². The number of rotatable bonds is 7. The fourth-order valence-electron chi connectivity index (χ4n) is 1.81. The van der Waals surface area contributed by atoms with E-state index in [1.807, 2.05) is 0 Å². The molecule has 0 aromatic heterocycles. The van der Waals surface area contributed by atoms with E-state index in [4.69, 9.17) is 14.2 Å². The monoisotopic (exact) mass is 330 g/mol. The van der Waals surface area contributed by atoms with E-state index in [0.29, 0.717) is 22.8 Å². The number of hydrazone groups is 1. The molecule has 0 unspecified atom stereocenters. The molecule has 126 valence electrons. The smallest absolute Gasteiger partial charge is 0.277 e. The lowest BCUT2D eigenvalue weighted by Gasteiger charge is -2.06. The summed E-state index contributed by atoms with van der Waals surface area (Å²) in [5.41, 5.74) is 3.02. The fourth-order valence-corrected chi connectivity index (χ4v) is 1.81. The maximum Gasteiger partial charge on any atom is 0.277 e. The SMILES string of the molecule is COc1ccc(OCC(=O)NN=Cc2ccc(O)c(OC)c2)cc1. The summed E-state index contributed by atoms with van der Waals surface area (Å²) in [4.78, 5) is 11.7. The molecule has 24 heavy (non-hydrogen) atoms. The van der Waals surface area contributed by atoms with E-state index in [0.717, 1.165) is 0 Å². The maximum absolute atomic E-state index is 11.7. The van der Waals surface area contributed by atoms with Crippen LogP contribution in [0.15, 0.2) is 47.6 Å². The zero-order valence-corrected chi connectivity index (χ0v) is 13.4. The molecule has 0 heterocycles. The first-order chi connectivity index (χ1) is 11.6. The number of carbonyl (C=O) groups is 1. The van der Waals surface area contributed by atoms with Gasteiger partial charge >= 0.3 is 0 Å². The summed E-state index contributed by atoms with van der Waals surface area (Å²) >= 11 is 0. The standard InChI is InChI=1S/C17H18N2O5/c1-22-13-4-6-14(7-5-13)24-11-17(21)19-18-10-12-3-8-15(20)16(9-12)23-2/h3-10,20H,11H2,1-2H3,(H,19,21). The Hall–Kier alpha value is -3.22. The third kappa shape index (κ3) is 4.91. The van der Waals surface area contributed by atoms with Crippen molar-refractivity contribution in [1.82, 2.24) is 5.43 Å². The third-order valence-corrected chi connectivity index (χ3v) is 3.04. The molecule has 2 rings (SSSR count). The van der Waals surface area contributed by atoms with Crippen LogP contribution in [0, 0.1) is 0 Å². The summed E-state index contributed by atoms with van der Waals surface area (Å²) in [6.45, 7) is -0.164. The molecule has 1 amide bonds. The van der Waals surface area contributed by atoms with E-state index < -0.39 is 5.91 Å². The number of ether oxygens (including phenoxy) is 3. The molecule has 0 fully saturated rings. The number of nitrogens with one attached hydrogen (secondary N) is 1. The minimum atomic E-state index is -0.396. The van der Waals surface area contributed by atoms with Gasteiger partial charge in [0.15, 0.2) is 18.1 Å². The maximum atomic E-state index is 11.7. The van der Waals surface area contributed by atoms with Crippen LogP contribution in [0.25, 0.3) is 0 Å². The molecule has 0 aliphatic rings. The summed E-state index contributed by atoms with van der Waals surface area (Å²) in [6.07, 6.45) is 1.44. The van der Waals surface area contributed by atoms with Gasteiger partial charge in [-0.2, -0.15) is 5.10 Å². The zero-order chi connectivity index (χ0) is 17.4. The van der Waals surface area contributed by atoms with Gasteiger partial charge in [-0.15, -0.1) is 0 Å². The van der Waals surface area contributed by atoms with Crippen LogP contribution in [-0.2, 0) is 4.79 Å². The van der Waals surface area contributed by atoms with Crippen molar-refractivity contribution in [2.75, 3.05) is 20.8 Å². The molecular weight excluding hydrogens is 312 g/mol. The number of methoxy groups -OCH3 is 2. The van der Waals surface area contributed by atoms with Crippen LogP contribution in [0.4, 0.5) is 0 Å². The number of amides is 1. The Morgan fingerprint density at radius 3 is 2.50 bits per heavy atom. The Bertz CT molecular complexity index is 713. The lowest BCUT2D eigenvalue weighted by atomic mass is 10.2. The summed E-state index contributed by atoms with van der Waals surface area (Å²) in [6, 6.07) is 11.6. The first-order valence-electron chi connectivity index (χ1n) is 7.08. The Kier molecular flexibility index (Phi) is 6.01. The Morgan fingerprint density at radius 1 is 1.12 bits per heavy atom. The van der Waals surface area contributed by atoms with Gasteiger partial charge in [-0.3, -0.25) is 4.79 Å². The number of phenols is 1. The Balaban J connectivity index is 1.81. The summed E-state index contributed by atoms with van der Waals surface area (Å²) in [5.74, 6) is 1.23. The predicted octanol–water partition coefficient (Wildman–Crippen LogP) is 1.94. The summed E-state index contributed by atoms with van der Waals surface area (Å²) < 4.78 is 15.4.